The molecule has 3 aromatic rings. The van der Waals surface area contributed by atoms with Gasteiger partial charge in [-0.25, -0.2) is 18.0 Å². The van der Waals surface area contributed by atoms with Gasteiger partial charge in [0.05, 0.1) is 0 Å². The molecular weight excluding hydrogens is 411 g/mol. The molecule has 0 saturated carbocycles. The Kier molecular flexibility index (Phi) is 6.92. The Morgan fingerprint density at radius 2 is 1.52 bits per heavy atom. The predicted molar refractivity (Wildman–Crippen MR) is 106 cm³/mol. The van der Waals surface area contributed by atoms with Gasteiger partial charge in [0, 0.05) is 18.6 Å². The summed E-state index contributed by atoms with van der Waals surface area (Å²) < 4.78 is 46.2. The van der Waals surface area contributed by atoms with Crippen molar-refractivity contribution in [2.24, 2.45) is 0 Å². The third-order valence-corrected chi connectivity index (χ3v) is 4.45. The molecule has 0 radical (unpaired) electrons. The monoisotopic (exact) mass is 429 g/mol. The second kappa shape index (κ2) is 9.80. The number of hydrogen-bond acceptors (Lipinski definition) is 3. The summed E-state index contributed by atoms with van der Waals surface area (Å²) in [6.07, 6.45) is -0.134. The Morgan fingerprint density at radius 3 is 2.10 bits per heavy atom. The standard InChI is InChI=1S/C23H18F3NO4/c24-16-11-18(25)21(19(26)12-16)22(28)27-20(23(29)30)10-14-6-8-17(9-7-14)31-13-15-4-2-1-3-5-15/h1-9,11-12,20H,10,13H2,(H,27,28)(H,29,30)/t20-/m1/s1. The number of benzene rings is 3. The molecular formula is C23H18F3NO4. The number of carboxylic acid groups (broad SMARTS) is 1. The van der Waals surface area contributed by atoms with E-state index in [0.29, 0.717) is 30.1 Å². The Balaban J connectivity index is 1.65. The summed E-state index contributed by atoms with van der Waals surface area (Å²) in [6.45, 7) is 0.364. The quantitative estimate of drug-likeness (QED) is 0.565. The van der Waals surface area contributed by atoms with E-state index in [4.69, 9.17) is 4.74 Å². The molecule has 1 atom stereocenters. The number of carboxylic acids is 1. The van der Waals surface area contributed by atoms with E-state index in [0.717, 1.165) is 5.56 Å². The maximum atomic E-state index is 13.8. The zero-order valence-corrected chi connectivity index (χ0v) is 16.1. The van der Waals surface area contributed by atoms with Crippen LogP contribution < -0.4 is 10.1 Å². The Labute approximate surface area is 176 Å². The van der Waals surface area contributed by atoms with Crippen LogP contribution in [0.25, 0.3) is 0 Å². The lowest BCUT2D eigenvalue weighted by Crippen LogP contribution is -2.43. The van der Waals surface area contributed by atoms with Gasteiger partial charge >= 0.3 is 5.97 Å². The second-order valence-electron chi connectivity index (χ2n) is 6.73. The highest BCUT2D eigenvalue weighted by Gasteiger charge is 2.25. The van der Waals surface area contributed by atoms with Gasteiger partial charge in [-0.05, 0) is 23.3 Å². The van der Waals surface area contributed by atoms with Crippen molar-refractivity contribution in [3.8, 4) is 5.75 Å². The highest BCUT2D eigenvalue weighted by molar-refractivity contribution is 5.97. The van der Waals surface area contributed by atoms with E-state index in [-0.39, 0.29) is 6.42 Å². The third-order valence-electron chi connectivity index (χ3n) is 4.45. The van der Waals surface area contributed by atoms with Crippen molar-refractivity contribution < 1.29 is 32.6 Å². The van der Waals surface area contributed by atoms with Gasteiger partial charge in [0.2, 0.25) is 0 Å². The van der Waals surface area contributed by atoms with Crippen LogP contribution in [-0.2, 0) is 17.8 Å². The second-order valence-corrected chi connectivity index (χ2v) is 6.73. The lowest BCUT2D eigenvalue weighted by atomic mass is 10.0. The lowest BCUT2D eigenvalue weighted by molar-refractivity contribution is -0.139. The van der Waals surface area contributed by atoms with Crippen molar-refractivity contribution >= 4 is 11.9 Å². The molecule has 5 nitrogen and oxygen atoms in total. The van der Waals surface area contributed by atoms with Gasteiger partial charge in [-0.1, -0.05) is 42.5 Å². The van der Waals surface area contributed by atoms with Crippen LogP contribution in [0.2, 0.25) is 0 Å². The smallest absolute Gasteiger partial charge is 0.326 e. The van der Waals surface area contributed by atoms with E-state index >= 15 is 0 Å². The molecule has 31 heavy (non-hydrogen) atoms. The zero-order valence-electron chi connectivity index (χ0n) is 16.1. The van der Waals surface area contributed by atoms with E-state index in [1.165, 1.54) is 0 Å². The fraction of sp³-hybridized carbons (Fsp3) is 0.130. The van der Waals surface area contributed by atoms with Crippen molar-refractivity contribution in [1.82, 2.24) is 5.32 Å². The van der Waals surface area contributed by atoms with Crippen molar-refractivity contribution in [3.63, 3.8) is 0 Å². The molecule has 0 saturated heterocycles. The zero-order chi connectivity index (χ0) is 22.4. The Bertz CT molecular complexity index is 1050. The topological polar surface area (TPSA) is 75.6 Å². The number of amides is 1. The van der Waals surface area contributed by atoms with Gasteiger partial charge < -0.3 is 15.2 Å². The number of rotatable bonds is 8. The van der Waals surface area contributed by atoms with Crippen molar-refractivity contribution in [2.45, 2.75) is 19.1 Å². The van der Waals surface area contributed by atoms with Crippen molar-refractivity contribution in [1.29, 1.82) is 0 Å². The van der Waals surface area contributed by atoms with Gasteiger partial charge in [-0.3, -0.25) is 4.79 Å². The van der Waals surface area contributed by atoms with Gasteiger partial charge in [0.15, 0.2) is 0 Å². The minimum absolute atomic E-state index is 0.134. The largest absolute Gasteiger partial charge is 0.489 e. The number of ether oxygens (including phenoxy) is 1. The fourth-order valence-corrected chi connectivity index (χ4v) is 2.89. The number of halogens is 3. The molecule has 1 amide bonds. The summed E-state index contributed by atoms with van der Waals surface area (Å²) in [7, 11) is 0. The molecule has 0 heterocycles. The van der Waals surface area contributed by atoms with Crippen LogP contribution >= 0.6 is 0 Å². The number of nitrogens with one attached hydrogen (secondary N) is 1. The van der Waals surface area contributed by atoms with E-state index in [1.54, 1.807) is 24.3 Å². The normalized spacial score (nSPS) is 11.6. The van der Waals surface area contributed by atoms with Crippen LogP contribution in [0, 0.1) is 17.5 Å². The molecule has 0 fully saturated rings. The average molecular weight is 429 g/mol. The molecule has 8 heteroatoms. The van der Waals surface area contributed by atoms with Gasteiger partial charge in [-0.15, -0.1) is 0 Å². The number of carbonyl (C=O) groups excluding carboxylic acids is 1. The minimum Gasteiger partial charge on any atom is -0.489 e. The van der Waals surface area contributed by atoms with Crippen LogP contribution in [0.1, 0.15) is 21.5 Å². The molecule has 0 bridgehead atoms. The Morgan fingerprint density at radius 1 is 0.903 bits per heavy atom. The van der Waals surface area contributed by atoms with Crippen molar-refractivity contribution in [3.05, 3.63) is 101 Å². The molecule has 0 aliphatic carbocycles. The maximum absolute atomic E-state index is 13.8. The van der Waals surface area contributed by atoms with Crippen LogP contribution in [-0.4, -0.2) is 23.0 Å². The number of carbonyl (C=O) groups is 2. The van der Waals surface area contributed by atoms with Crippen LogP contribution in [0.15, 0.2) is 66.7 Å². The fourth-order valence-electron chi connectivity index (χ4n) is 2.89. The predicted octanol–water partition coefficient (Wildman–Crippen LogP) is 4.11. The summed E-state index contributed by atoms with van der Waals surface area (Å²) in [5, 5.41) is 11.5. The van der Waals surface area contributed by atoms with Crippen LogP contribution in [0.5, 0.6) is 5.75 Å². The summed E-state index contributed by atoms with van der Waals surface area (Å²) in [4.78, 5) is 23.7. The van der Waals surface area contributed by atoms with E-state index in [2.05, 4.69) is 5.32 Å². The van der Waals surface area contributed by atoms with Crippen LogP contribution in [0.3, 0.4) is 0 Å². The summed E-state index contributed by atoms with van der Waals surface area (Å²) in [6, 6.07) is 15.3. The molecule has 0 unspecified atom stereocenters. The molecule has 0 spiro atoms. The van der Waals surface area contributed by atoms with Gasteiger partial charge in [0.25, 0.3) is 5.91 Å². The molecule has 0 aromatic heterocycles. The van der Waals surface area contributed by atoms with Gasteiger partial charge in [0.1, 0.15) is 41.4 Å². The van der Waals surface area contributed by atoms with E-state index in [1.807, 2.05) is 30.3 Å². The van der Waals surface area contributed by atoms with Crippen LogP contribution in [0.4, 0.5) is 13.2 Å². The molecule has 3 aromatic carbocycles. The first-order valence-electron chi connectivity index (χ1n) is 9.27. The Hall–Kier alpha value is -3.81. The van der Waals surface area contributed by atoms with Gasteiger partial charge in [-0.2, -0.15) is 0 Å². The molecule has 160 valence electrons. The average Bonchev–Trinajstić information content (AvgIpc) is 2.72. The first kappa shape index (κ1) is 21.9. The lowest BCUT2D eigenvalue weighted by Gasteiger charge is -2.16. The molecule has 0 aliphatic rings. The highest BCUT2D eigenvalue weighted by atomic mass is 19.1. The third kappa shape index (κ3) is 5.85. The molecule has 2 N–H and O–H groups in total. The first-order chi connectivity index (χ1) is 14.8. The SMILES string of the molecule is O=C(N[C@H](Cc1ccc(OCc2ccccc2)cc1)C(=O)O)c1c(F)cc(F)cc1F. The highest BCUT2D eigenvalue weighted by Crippen LogP contribution is 2.17. The summed E-state index contributed by atoms with van der Waals surface area (Å²) >= 11 is 0. The number of aliphatic carboxylic acids is 1. The van der Waals surface area contributed by atoms with E-state index < -0.39 is 40.9 Å². The summed E-state index contributed by atoms with van der Waals surface area (Å²) in [5.74, 6) is -6.13. The molecule has 3 rings (SSSR count). The summed E-state index contributed by atoms with van der Waals surface area (Å²) in [5.41, 5.74) is 0.498. The minimum atomic E-state index is -1.45. The maximum Gasteiger partial charge on any atom is 0.326 e. The van der Waals surface area contributed by atoms with E-state index in [9.17, 15) is 27.9 Å². The first-order valence-corrected chi connectivity index (χ1v) is 9.27. The number of hydrogen-bond donors (Lipinski definition) is 2. The molecule has 0 aliphatic heterocycles. The van der Waals surface area contributed by atoms with Crippen molar-refractivity contribution in [2.75, 3.05) is 0 Å².